The summed E-state index contributed by atoms with van der Waals surface area (Å²) in [7, 11) is 0. The van der Waals surface area contributed by atoms with Crippen LogP contribution < -0.4 is 5.32 Å². The predicted molar refractivity (Wildman–Crippen MR) is 112 cm³/mol. The van der Waals surface area contributed by atoms with Crippen LogP contribution in [0.4, 0.5) is 5.69 Å². The number of β-amino-alcohol motifs (C(OH)–C–C–N with tert-alkyl or cyclic N) is 1. The molecule has 1 atom stereocenters. The summed E-state index contributed by atoms with van der Waals surface area (Å²) in [6.07, 6.45) is 2.77. The number of hydrogen-bond donors (Lipinski definition) is 2. The molecular weight excluding hydrogens is 390 g/mol. The fraction of sp³-hybridized carbons (Fsp3) is 0.273. The summed E-state index contributed by atoms with van der Waals surface area (Å²) in [5, 5.41) is 13.8. The number of nitrogens with zero attached hydrogens (tertiary/aromatic N) is 2. The van der Waals surface area contributed by atoms with Gasteiger partial charge in [0.05, 0.1) is 24.4 Å². The first-order chi connectivity index (χ1) is 14.1. The van der Waals surface area contributed by atoms with Crippen molar-refractivity contribution in [3.8, 4) is 11.3 Å². The number of likely N-dealkylation sites (tertiary alicyclic amines) is 1. The SMILES string of the molecule is O=C(c1ccccc1NCc1ncc(-c2ccc(Cl)cc2)o1)N1CCC[C@H](O)C1. The second-order valence-corrected chi connectivity index (χ2v) is 7.51. The maximum absolute atomic E-state index is 12.9. The van der Waals surface area contributed by atoms with Crippen molar-refractivity contribution in [2.24, 2.45) is 0 Å². The number of anilines is 1. The quantitative estimate of drug-likeness (QED) is 0.657. The molecular formula is C22H22ClN3O3. The van der Waals surface area contributed by atoms with Gasteiger partial charge in [0, 0.05) is 29.4 Å². The molecule has 1 amide bonds. The summed E-state index contributed by atoms with van der Waals surface area (Å²) >= 11 is 5.93. The van der Waals surface area contributed by atoms with Gasteiger partial charge in [0.15, 0.2) is 5.76 Å². The molecule has 2 N–H and O–H groups in total. The first-order valence-corrected chi connectivity index (χ1v) is 9.99. The largest absolute Gasteiger partial charge is 0.439 e. The monoisotopic (exact) mass is 411 g/mol. The summed E-state index contributed by atoms with van der Waals surface area (Å²) in [6, 6.07) is 14.7. The van der Waals surface area contributed by atoms with Gasteiger partial charge in [-0.15, -0.1) is 0 Å². The molecule has 6 nitrogen and oxygen atoms in total. The number of para-hydroxylation sites is 1. The van der Waals surface area contributed by atoms with E-state index in [0.717, 1.165) is 18.4 Å². The molecule has 1 fully saturated rings. The molecule has 0 spiro atoms. The van der Waals surface area contributed by atoms with Gasteiger partial charge in [-0.2, -0.15) is 0 Å². The van der Waals surface area contributed by atoms with Crippen molar-refractivity contribution >= 4 is 23.2 Å². The lowest BCUT2D eigenvalue weighted by atomic mass is 10.1. The minimum absolute atomic E-state index is 0.0823. The minimum atomic E-state index is -0.452. The zero-order valence-electron chi connectivity index (χ0n) is 15.8. The number of carbonyl (C=O) groups excluding carboxylic acids is 1. The van der Waals surface area contributed by atoms with E-state index in [0.29, 0.717) is 47.6 Å². The molecule has 1 saturated heterocycles. The van der Waals surface area contributed by atoms with Gasteiger partial charge in [-0.1, -0.05) is 23.7 Å². The molecule has 150 valence electrons. The van der Waals surface area contributed by atoms with Gasteiger partial charge in [-0.3, -0.25) is 4.79 Å². The van der Waals surface area contributed by atoms with Gasteiger partial charge in [-0.25, -0.2) is 4.98 Å². The molecule has 1 aliphatic rings. The Morgan fingerprint density at radius 1 is 1.24 bits per heavy atom. The molecule has 4 rings (SSSR count). The van der Waals surface area contributed by atoms with Gasteiger partial charge in [0.2, 0.25) is 5.89 Å². The van der Waals surface area contributed by atoms with E-state index in [9.17, 15) is 9.90 Å². The van der Waals surface area contributed by atoms with E-state index < -0.39 is 6.10 Å². The van der Waals surface area contributed by atoms with Crippen molar-refractivity contribution in [3.05, 3.63) is 71.2 Å². The van der Waals surface area contributed by atoms with Crippen molar-refractivity contribution < 1.29 is 14.3 Å². The van der Waals surface area contributed by atoms with Crippen molar-refractivity contribution in [1.82, 2.24) is 9.88 Å². The van der Waals surface area contributed by atoms with Gasteiger partial charge in [0.25, 0.3) is 5.91 Å². The molecule has 2 heterocycles. The zero-order chi connectivity index (χ0) is 20.2. The first-order valence-electron chi connectivity index (χ1n) is 9.61. The Morgan fingerprint density at radius 2 is 2.03 bits per heavy atom. The van der Waals surface area contributed by atoms with E-state index in [2.05, 4.69) is 10.3 Å². The van der Waals surface area contributed by atoms with Gasteiger partial charge in [0.1, 0.15) is 0 Å². The molecule has 0 bridgehead atoms. The van der Waals surface area contributed by atoms with E-state index in [1.807, 2.05) is 30.3 Å². The van der Waals surface area contributed by atoms with Crippen LogP contribution in [0.1, 0.15) is 29.1 Å². The predicted octanol–water partition coefficient (Wildman–Crippen LogP) is 4.20. The van der Waals surface area contributed by atoms with E-state index in [-0.39, 0.29) is 5.91 Å². The van der Waals surface area contributed by atoms with Gasteiger partial charge in [-0.05, 0) is 49.2 Å². The average Bonchev–Trinajstić information content (AvgIpc) is 3.21. The second kappa shape index (κ2) is 8.68. The van der Waals surface area contributed by atoms with Crippen molar-refractivity contribution in [2.75, 3.05) is 18.4 Å². The molecule has 0 aliphatic carbocycles. The third-order valence-electron chi connectivity index (χ3n) is 4.95. The Morgan fingerprint density at radius 3 is 2.83 bits per heavy atom. The number of nitrogens with one attached hydrogen (secondary N) is 1. The van der Waals surface area contributed by atoms with Crippen molar-refractivity contribution in [3.63, 3.8) is 0 Å². The van der Waals surface area contributed by atoms with Crippen LogP contribution >= 0.6 is 11.6 Å². The fourth-order valence-electron chi connectivity index (χ4n) is 3.44. The van der Waals surface area contributed by atoms with E-state index in [4.69, 9.17) is 16.0 Å². The van der Waals surface area contributed by atoms with E-state index >= 15 is 0 Å². The number of benzene rings is 2. The van der Waals surface area contributed by atoms with Crippen LogP contribution in [0.3, 0.4) is 0 Å². The molecule has 3 aromatic rings. The topological polar surface area (TPSA) is 78.6 Å². The zero-order valence-corrected chi connectivity index (χ0v) is 16.6. The number of hydrogen-bond acceptors (Lipinski definition) is 5. The summed E-state index contributed by atoms with van der Waals surface area (Å²) in [5.74, 6) is 1.09. The van der Waals surface area contributed by atoms with Crippen LogP contribution in [0.2, 0.25) is 5.02 Å². The Hall–Kier alpha value is -2.83. The third-order valence-corrected chi connectivity index (χ3v) is 5.21. The summed E-state index contributed by atoms with van der Waals surface area (Å²) in [4.78, 5) is 18.9. The second-order valence-electron chi connectivity index (χ2n) is 7.07. The number of halogens is 1. The van der Waals surface area contributed by atoms with E-state index in [1.165, 1.54) is 0 Å². The van der Waals surface area contributed by atoms with Crippen LogP contribution in [0.5, 0.6) is 0 Å². The smallest absolute Gasteiger partial charge is 0.256 e. The van der Waals surface area contributed by atoms with Crippen LogP contribution in [0.25, 0.3) is 11.3 Å². The molecule has 0 unspecified atom stereocenters. The lowest BCUT2D eigenvalue weighted by molar-refractivity contribution is 0.0474. The maximum Gasteiger partial charge on any atom is 0.256 e. The number of piperidine rings is 1. The standard InChI is InChI=1S/C22H22ClN3O3/c23-16-9-7-15(8-10-16)20-12-25-21(29-20)13-24-19-6-2-1-5-18(19)22(28)26-11-3-4-17(27)14-26/h1-2,5-10,12,17,24,27H,3-4,11,13-14H2/t17-/m0/s1. The van der Waals surface area contributed by atoms with E-state index in [1.54, 1.807) is 29.3 Å². The summed E-state index contributed by atoms with van der Waals surface area (Å²) in [6.45, 7) is 1.38. The average molecular weight is 412 g/mol. The molecule has 2 aromatic carbocycles. The number of aromatic nitrogens is 1. The molecule has 1 aliphatic heterocycles. The Labute approximate surface area is 174 Å². The molecule has 7 heteroatoms. The van der Waals surface area contributed by atoms with Crippen LogP contribution in [0, 0.1) is 0 Å². The lowest BCUT2D eigenvalue weighted by Crippen LogP contribution is -2.42. The number of aliphatic hydroxyl groups excluding tert-OH is 1. The van der Waals surface area contributed by atoms with Crippen LogP contribution in [0.15, 0.2) is 59.1 Å². The maximum atomic E-state index is 12.9. The van der Waals surface area contributed by atoms with Gasteiger partial charge >= 0.3 is 0 Å². The molecule has 0 saturated carbocycles. The number of rotatable bonds is 5. The highest BCUT2D eigenvalue weighted by molar-refractivity contribution is 6.30. The van der Waals surface area contributed by atoms with Crippen LogP contribution in [-0.4, -0.2) is 40.1 Å². The van der Waals surface area contributed by atoms with Crippen molar-refractivity contribution in [1.29, 1.82) is 0 Å². The fourth-order valence-corrected chi connectivity index (χ4v) is 3.57. The van der Waals surface area contributed by atoms with Gasteiger partial charge < -0.3 is 19.7 Å². The number of oxazole rings is 1. The first kappa shape index (κ1) is 19.5. The highest BCUT2D eigenvalue weighted by atomic mass is 35.5. The Balaban J connectivity index is 1.45. The summed E-state index contributed by atoms with van der Waals surface area (Å²) in [5.41, 5.74) is 2.18. The highest BCUT2D eigenvalue weighted by Gasteiger charge is 2.24. The highest BCUT2D eigenvalue weighted by Crippen LogP contribution is 2.24. The molecule has 1 aromatic heterocycles. The number of aliphatic hydroxyl groups is 1. The normalized spacial score (nSPS) is 16.6. The molecule has 0 radical (unpaired) electrons. The molecule has 29 heavy (non-hydrogen) atoms. The third kappa shape index (κ3) is 4.60. The minimum Gasteiger partial charge on any atom is -0.439 e. The number of carbonyl (C=O) groups is 1. The van der Waals surface area contributed by atoms with Crippen LogP contribution in [-0.2, 0) is 6.54 Å². The van der Waals surface area contributed by atoms with Crippen molar-refractivity contribution in [2.45, 2.75) is 25.5 Å². The summed E-state index contributed by atoms with van der Waals surface area (Å²) < 4.78 is 5.82. The number of amides is 1. The Kier molecular flexibility index (Phi) is 5.83. The lowest BCUT2D eigenvalue weighted by Gasteiger charge is -2.30. The Bertz CT molecular complexity index is 987.